The Labute approximate surface area is 57.5 Å². The van der Waals surface area contributed by atoms with Crippen molar-refractivity contribution in [3.8, 4) is 0 Å². The molecule has 0 aliphatic rings. The highest BCUT2D eigenvalue weighted by Crippen LogP contribution is 1.94. The van der Waals surface area contributed by atoms with Gasteiger partial charge in [0.15, 0.2) is 0 Å². The van der Waals surface area contributed by atoms with Crippen LogP contribution < -0.4 is 0 Å². The van der Waals surface area contributed by atoms with E-state index in [-0.39, 0.29) is 6.61 Å². The van der Waals surface area contributed by atoms with Gasteiger partial charge in [-0.1, -0.05) is 0 Å². The van der Waals surface area contributed by atoms with Crippen molar-refractivity contribution in [3.05, 3.63) is 10.4 Å². The van der Waals surface area contributed by atoms with Crippen LogP contribution in [0.4, 0.5) is 0 Å². The zero-order valence-corrected chi connectivity index (χ0v) is 5.91. The summed E-state index contributed by atoms with van der Waals surface area (Å²) >= 11 is 0. The SMILES string of the molecule is CCOS(=O)(=O)ON=[N+]=[N-]. The molecule has 0 aromatic rings. The van der Waals surface area contributed by atoms with Crippen LogP contribution in [0.5, 0.6) is 0 Å². The Morgan fingerprint density at radius 2 is 2.30 bits per heavy atom. The molecule has 0 aromatic heterocycles. The molecule has 0 saturated heterocycles. The van der Waals surface area contributed by atoms with Gasteiger partial charge in [-0.15, -0.1) is 0 Å². The zero-order chi connectivity index (χ0) is 8.04. The van der Waals surface area contributed by atoms with Crippen LogP contribution in [0.3, 0.4) is 0 Å². The van der Waals surface area contributed by atoms with Crippen molar-refractivity contribution in [1.82, 2.24) is 0 Å². The summed E-state index contributed by atoms with van der Waals surface area (Å²) in [4.78, 5) is 2.05. The summed E-state index contributed by atoms with van der Waals surface area (Å²) in [6, 6.07) is 0. The van der Waals surface area contributed by atoms with Crippen molar-refractivity contribution in [3.63, 3.8) is 0 Å². The van der Waals surface area contributed by atoms with E-state index in [9.17, 15) is 8.42 Å². The molecule has 7 nitrogen and oxygen atoms in total. The lowest BCUT2D eigenvalue weighted by Gasteiger charge is -1.95. The lowest BCUT2D eigenvalue weighted by Crippen LogP contribution is -2.05. The first-order valence-electron chi connectivity index (χ1n) is 2.25. The van der Waals surface area contributed by atoms with E-state index in [4.69, 9.17) is 5.53 Å². The zero-order valence-electron chi connectivity index (χ0n) is 5.09. The second-order valence-electron chi connectivity index (χ2n) is 1.06. The van der Waals surface area contributed by atoms with E-state index >= 15 is 0 Å². The molecule has 0 atom stereocenters. The summed E-state index contributed by atoms with van der Waals surface area (Å²) in [5.74, 6) is 0. The number of hydrogen-bond acceptors (Lipinski definition) is 5. The first kappa shape index (κ1) is 9.02. The van der Waals surface area contributed by atoms with E-state index < -0.39 is 10.4 Å². The van der Waals surface area contributed by atoms with E-state index in [0.717, 1.165) is 0 Å². The molecule has 0 aliphatic heterocycles. The first-order chi connectivity index (χ1) is 4.62. The van der Waals surface area contributed by atoms with Crippen molar-refractivity contribution < 1.29 is 16.9 Å². The second kappa shape index (κ2) is 3.94. The van der Waals surface area contributed by atoms with Crippen LogP contribution in [0.15, 0.2) is 5.28 Å². The van der Waals surface area contributed by atoms with Gasteiger partial charge in [0.1, 0.15) is 5.28 Å². The van der Waals surface area contributed by atoms with E-state index in [0.29, 0.717) is 0 Å². The van der Waals surface area contributed by atoms with E-state index in [2.05, 4.69) is 13.7 Å². The molecule has 0 N–H and O–H groups in total. The minimum Gasteiger partial charge on any atom is -0.289 e. The molecule has 0 saturated carbocycles. The van der Waals surface area contributed by atoms with Gasteiger partial charge in [0, 0.05) is 4.91 Å². The maximum atomic E-state index is 10.3. The smallest absolute Gasteiger partial charge is 0.289 e. The molecule has 0 fully saturated rings. The second-order valence-corrected chi connectivity index (χ2v) is 2.26. The molecule has 0 amide bonds. The molecule has 0 radical (unpaired) electrons. The third-order valence-electron chi connectivity index (χ3n) is 0.423. The van der Waals surface area contributed by atoms with Gasteiger partial charge in [-0.05, 0) is 12.5 Å². The van der Waals surface area contributed by atoms with Crippen LogP contribution >= 0.6 is 0 Å². The van der Waals surface area contributed by atoms with Gasteiger partial charge in [0.05, 0.1) is 6.61 Å². The molecule has 58 valence electrons. The Morgan fingerprint density at radius 3 is 2.70 bits per heavy atom. The first-order valence-corrected chi connectivity index (χ1v) is 3.58. The maximum Gasteiger partial charge on any atom is 0.455 e. The fourth-order valence-electron chi connectivity index (χ4n) is 0.222. The summed E-state index contributed by atoms with van der Waals surface area (Å²) in [5, 5.41) is 2.33. The highest BCUT2D eigenvalue weighted by molar-refractivity contribution is 7.81. The van der Waals surface area contributed by atoms with Gasteiger partial charge in [-0.3, -0.25) is 4.28 Å². The van der Waals surface area contributed by atoms with Crippen LogP contribution in [-0.2, 0) is 18.9 Å². The van der Waals surface area contributed by atoms with Gasteiger partial charge < -0.3 is 0 Å². The maximum absolute atomic E-state index is 10.3. The predicted octanol–water partition coefficient (Wildman–Crippen LogP) is 0.510. The minimum atomic E-state index is -4.11. The van der Waals surface area contributed by atoms with Crippen LogP contribution in [0.25, 0.3) is 10.4 Å². The van der Waals surface area contributed by atoms with Crippen molar-refractivity contribution >= 4 is 10.4 Å². The normalized spacial score (nSPS) is 10.1. The van der Waals surface area contributed by atoms with Crippen molar-refractivity contribution in [2.24, 2.45) is 5.28 Å². The number of hydrogen-bond donors (Lipinski definition) is 0. The van der Waals surface area contributed by atoms with E-state index in [1.165, 1.54) is 6.92 Å². The standard InChI is InChI=1S/C2H5N3O4S/c1-2-8-10(6,7)9-5-4-3/h2H2,1H3. The van der Waals surface area contributed by atoms with E-state index in [1.807, 2.05) is 4.91 Å². The molecule has 0 spiro atoms. The van der Waals surface area contributed by atoms with Gasteiger partial charge >= 0.3 is 10.4 Å². The quantitative estimate of drug-likeness (QED) is 0.263. The average molecular weight is 167 g/mol. The predicted molar refractivity (Wildman–Crippen MR) is 30.8 cm³/mol. The number of azide groups is 1. The molecule has 10 heavy (non-hydrogen) atoms. The molecular weight excluding hydrogens is 162 g/mol. The fraction of sp³-hybridized carbons (Fsp3) is 1.00. The minimum absolute atomic E-state index is 0.0662. The summed E-state index contributed by atoms with van der Waals surface area (Å²) in [6.45, 7) is 1.39. The van der Waals surface area contributed by atoms with Gasteiger partial charge in [0.25, 0.3) is 0 Å². The van der Waals surface area contributed by atoms with Crippen molar-refractivity contribution in [1.29, 1.82) is 0 Å². The summed E-state index contributed by atoms with van der Waals surface area (Å²) in [5.41, 5.74) is 7.61. The Hall–Kier alpha value is -0.980. The van der Waals surface area contributed by atoms with Gasteiger partial charge in [-0.25, -0.2) is 4.18 Å². The molecular formula is C2H5N3O4S. The highest BCUT2D eigenvalue weighted by Gasteiger charge is 2.08. The Bertz CT molecular complexity index is 227. The highest BCUT2D eigenvalue weighted by atomic mass is 32.3. The molecule has 0 rings (SSSR count). The van der Waals surface area contributed by atoms with Gasteiger partial charge in [0.2, 0.25) is 0 Å². The molecule has 0 unspecified atom stereocenters. The fourth-order valence-corrected chi connectivity index (χ4v) is 0.665. The Kier molecular flexibility index (Phi) is 3.55. The third-order valence-corrected chi connectivity index (χ3v) is 1.20. The van der Waals surface area contributed by atoms with Crippen molar-refractivity contribution in [2.75, 3.05) is 6.61 Å². The van der Waals surface area contributed by atoms with Crippen LogP contribution in [0, 0.1) is 0 Å². The average Bonchev–Trinajstić information content (AvgIpc) is 1.84. The topological polar surface area (TPSA) is 101 Å². The lowest BCUT2D eigenvalue weighted by atomic mass is 10.9. The molecule has 0 heterocycles. The third kappa shape index (κ3) is 3.96. The Morgan fingerprint density at radius 1 is 1.70 bits per heavy atom. The number of nitrogens with zero attached hydrogens (tertiary/aromatic N) is 3. The van der Waals surface area contributed by atoms with Gasteiger partial charge in [-0.2, -0.15) is 8.42 Å². The van der Waals surface area contributed by atoms with E-state index in [1.54, 1.807) is 0 Å². The Balaban J connectivity index is 4.01. The molecule has 0 aliphatic carbocycles. The summed E-state index contributed by atoms with van der Waals surface area (Å²) in [7, 11) is -4.11. The monoisotopic (exact) mass is 167 g/mol. The van der Waals surface area contributed by atoms with Crippen LogP contribution in [0.1, 0.15) is 6.92 Å². The van der Waals surface area contributed by atoms with Crippen LogP contribution in [0.2, 0.25) is 0 Å². The lowest BCUT2D eigenvalue weighted by molar-refractivity contribution is 0.226. The molecule has 8 heteroatoms. The van der Waals surface area contributed by atoms with Crippen molar-refractivity contribution in [2.45, 2.75) is 6.92 Å². The summed E-state index contributed by atoms with van der Waals surface area (Å²) in [6.07, 6.45) is 0. The van der Waals surface area contributed by atoms with Crippen LogP contribution in [-0.4, -0.2) is 15.0 Å². The summed E-state index contributed by atoms with van der Waals surface area (Å²) < 4.78 is 28.2. The molecule has 0 bridgehead atoms. The molecule has 0 aromatic carbocycles. The number of rotatable bonds is 4. The largest absolute Gasteiger partial charge is 0.455 e.